The van der Waals surface area contributed by atoms with Crippen LogP contribution in [0.3, 0.4) is 0 Å². The van der Waals surface area contributed by atoms with E-state index in [4.69, 9.17) is 4.74 Å². The molecule has 0 radical (unpaired) electrons. The van der Waals surface area contributed by atoms with Crippen molar-refractivity contribution >= 4 is 5.97 Å². The van der Waals surface area contributed by atoms with E-state index in [1.807, 2.05) is 0 Å². The number of carbonyl (C=O) groups is 1. The second kappa shape index (κ2) is 3.42. The summed E-state index contributed by atoms with van der Waals surface area (Å²) in [5.74, 6) is -0.399. The van der Waals surface area contributed by atoms with Crippen molar-refractivity contribution in [3.05, 3.63) is 17.5 Å². The van der Waals surface area contributed by atoms with Crippen molar-refractivity contribution < 1.29 is 14.6 Å². The van der Waals surface area contributed by atoms with Gasteiger partial charge in [0.15, 0.2) is 5.69 Å². The lowest BCUT2D eigenvalue weighted by atomic mass is 10.2. The molecule has 1 aliphatic heterocycles. The quantitative estimate of drug-likeness (QED) is 0.675. The van der Waals surface area contributed by atoms with Crippen molar-refractivity contribution in [3.63, 3.8) is 0 Å². The molecule has 0 amide bonds. The average molecular weight is 196 g/mol. The molecule has 1 N–H and O–H groups in total. The largest absolute Gasteiger partial charge is 0.461 e. The summed E-state index contributed by atoms with van der Waals surface area (Å²) in [5.41, 5.74) is 1.22. The Morgan fingerprint density at radius 2 is 2.64 bits per heavy atom. The molecule has 14 heavy (non-hydrogen) atoms. The van der Waals surface area contributed by atoms with Gasteiger partial charge in [-0.2, -0.15) is 5.10 Å². The van der Waals surface area contributed by atoms with Gasteiger partial charge in [-0.25, -0.2) is 4.79 Å². The highest BCUT2D eigenvalue weighted by Crippen LogP contribution is 2.16. The standard InChI is InChI=1S/C9H12N2O3/c1-2-14-9(13)8-4-6-3-7(12)5-11(6)10-8/h4,7,12H,2-3,5H2,1H3. The molecule has 1 atom stereocenters. The number of aliphatic hydroxyl groups is 1. The number of nitrogens with zero attached hydrogens (tertiary/aromatic N) is 2. The Kier molecular flexibility index (Phi) is 2.25. The molecule has 5 heteroatoms. The van der Waals surface area contributed by atoms with Gasteiger partial charge in [0.2, 0.25) is 0 Å². The predicted molar refractivity (Wildman–Crippen MR) is 47.9 cm³/mol. The Labute approximate surface area is 81.3 Å². The number of hydrogen-bond donors (Lipinski definition) is 1. The van der Waals surface area contributed by atoms with Gasteiger partial charge < -0.3 is 9.84 Å². The fourth-order valence-electron chi connectivity index (χ4n) is 1.59. The van der Waals surface area contributed by atoms with E-state index in [0.717, 1.165) is 5.69 Å². The summed E-state index contributed by atoms with van der Waals surface area (Å²) in [7, 11) is 0. The Morgan fingerprint density at radius 1 is 1.86 bits per heavy atom. The lowest BCUT2D eigenvalue weighted by molar-refractivity contribution is 0.0517. The number of ether oxygens (including phenoxy) is 1. The van der Waals surface area contributed by atoms with E-state index in [1.165, 1.54) is 0 Å². The molecule has 5 nitrogen and oxygen atoms in total. The molecule has 0 saturated heterocycles. The molecule has 0 bridgehead atoms. The number of aliphatic hydroxyl groups excluding tert-OH is 1. The zero-order valence-electron chi connectivity index (χ0n) is 7.93. The molecule has 0 aliphatic carbocycles. The zero-order chi connectivity index (χ0) is 10.1. The van der Waals surface area contributed by atoms with Crippen molar-refractivity contribution in [2.45, 2.75) is 26.0 Å². The van der Waals surface area contributed by atoms with Crippen LogP contribution in [0.1, 0.15) is 23.1 Å². The number of hydrogen-bond acceptors (Lipinski definition) is 4. The van der Waals surface area contributed by atoms with Gasteiger partial charge in [0.1, 0.15) is 0 Å². The molecular weight excluding hydrogens is 184 g/mol. The Hall–Kier alpha value is -1.36. The van der Waals surface area contributed by atoms with Gasteiger partial charge in [0.25, 0.3) is 0 Å². The molecule has 2 rings (SSSR count). The average Bonchev–Trinajstić information content (AvgIpc) is 2.61. The summed E-state index contributed by atoms with van der Waals surface area (Å²) < 4.78 is 6.46. The van der Waals surface area contributed by atoms with Crippen molar-refractivity contribution in [2.75, 3.05) is 6.61 Å². The number of fused-ring (bicyclic) bond motifs is 1. The van der Waals surface area contributed by atoms with Crippen LogP contribution in [0.5, 0.6) is 0 Å². The fraction of sp³-hybridized carbons (Fsp3) is 0.556. The predicted octanol–water partition coefficient (Wildman–Crippen LogP) is -0.0232. The van der Waals surface area contributed by atoms with E-state index in [0.29, 0.717) is 25.3 Å². The Morgan fingerprint density at radius 3 is 3.29 bits per heavy atom. The lowest BCUT2D eigenvalue weighted by Gasteiger charge is -1.99. The van der Waals surface area contributed by atoms with Crippen molar-refractivity contribution in [1.29, 1.82) is 0 Å². The van der Waals surface area contributed by atoms with Gasteiger partial charge in [-0.05, 0) is 13.0 Å². The van der Waals surface area contributed by atoms with Gasteiger partial charge in [-0.3, -0.25) is 4.68 Å². The van der Waals surface area contributed by atoms with Gasteiger partial charge in [-0.1, -0.05) is 0 Å². The van der Waals surface area contributed by atoms with Crippen LogP contribution in [0.25, 0.3) is 0 Å². The van der Waals surface area contributed by atoms with Crippen LogP contribution >= 0.6 is 0 Å². The van der Waals surface area contributed by atoms with Crippen LogP contribution < -0.4 is 0 Å². The minimum absolute atomic E-state index is 0.328. The van der Waals surface area contributed by atoms with Crippen LogP contribution in [0.15, 0.2) is 6.07 Å². The maximum Gasteiger partial charge on any atom is 0.358 e. The molecule has 2 heterocycles. The minimum atomic E-state index is -0.399. The minimum Gasteiger partial charge on any atom is -0.461 e. The van der Waals surface area contributed by atoms with E-state index in [9.17, 15) is 9.90 Å². The van der Waals surface area contributed by atoms with E-state index in [-0.39, 0.29) is 6.10 Å². The van der Waals surface area contributed by atoms with Crippen LogP contribution in [-0.2, 0) is 17.7 Å². The van der Waals surface area contributed by atoms with Gasteiger partial charge in [0.05, 0.1) is 19.3 Å². The number of aromatic nitrogens is 2. The van der Waals surface area contributed by atoms with Gasteiger partial charge in [-0.15, -0.1) is 0 Å². The van der Waals surface area contributed by atoms with E-state index in [1.54, 1.807) is 17.7 Å². The Balaban J connectivity index is 2.16. The topological polar surface area (TPSA) is 64.4 Å². The monoisotopic (exact) mass is 196 g/mol. The summed E-state index contributed by atoms with van der Waals surface area (Å²) in [6.07, 6.45) is 0.195. The highest BCUT2D eigenvalue weighted by atomic mass is 16.5. The number of rotatable bonds is 2. The van der Waals surface area contributed by atoms with Crippen LogP contribution in [-0.4, -0.2) is 33.6 Å². The van der Waals surface area contributed by atoms with E-state index in [2.05, 4.69) is 5.10 Å². The third-order valence-corrected chi connectivity index (χ3v) is 2.18. The molecular formula is C9H12N2O3. The zero-order valence-corrected chi connectivity index (χ0v) is 7.93. The van der Waals surface area contributed by atoms with Crippen molar-refractivity contribution in [2.24, 2.45) is 0 Å². The van der Waals surface area contributed by atoms with Gasteiger partial charge in [0, 0.05) is 12.1 Å². The molecule has 0 saturated carbocycles. The summed E-state index contributed by atoms with van der Waals surface area (Å²) >= 11 is 0. The SMILES string of the molecule is CCOC(=O)c1cc2n(n1)CC(O)C2. The first-order valence-electron chi connectivity index (χ1n) is 4.62. The van der Waals surface area contributed by atoms with Crippen molar-refractivity contribution in [1.82, 2.24) is 9.78 Å². The van der Waals surface area contributed by atoms with E-state index < -0.39 is 5.97 Å². The molecule has 76 valence electrons. The smallest absolute Gasteiger partial charge is 0.358 e. The molecule has 1 aromatic rings. The third kappa shape index (κ3) is 1.50. The number of esters is 1. The van der Waals surface area contributed by atoms with E-state index >= 15 is 0 Å². The lowest BCUT2D eigenvalue weighted by Crippen LogP contribution is -2.11. The normalized spacial score (nSPS) is 19.4. The summed E-state index contributed by atoms with van der Waals surface area (Å²) in [6.45, 7) is 2.57. The summed E-state index contributed by atoms with van der Waals surface area (Å²) in [6, 6.07) is 1.67. The highest BCUT2D eigenvalue weighted by Gasteiger charge is 2.23. The second-order valence-corrected chi connectivity index (χ2v) is 3.28. The number of carbonyl (C=O) groups excluding carboxylic acids is 1. The molecule has 0 fully saturated rings. The first-order valence-corrected chi connectivity index (χ1v) is 4.62. The fourth-order valence-corrected chi connectivity index (χ4v) is 1.59. The summed E-state index contributed by atoms with van der Waals surface area (Å²) in [5, 5.41) is 13.3. The van der Waals surface area contributed by atoms with Crippen LogP contribution in [0.2, 0.25) is 0 Å². The molecule has 0 aromatic carbocycles. The Bertz CT molecular complexity index is 335. The molecule has 0 spiro atoms. The van der Waals surface area contributed by atoms with Gasteiger partial charge >= 0.3 is 5.97 Å². The maximum absolute atomic E-state index is 11.3. The molecule has 1 aromatic heterocycles. The van der Waals surface area contributed by atoms with Crippen LogP contribution in [0.4, 0.5) is 0 Å². The molecule has 1 unspecified atom stereocenters. The molecule has 1 aliphatic rings. The van der Waals surface area contributed by atoms with Crippen molar-refractivity contribution in [3.8, 4) is 0 Å². The maximum atomic E-state index is 11.3. The first kappa shape index (κ1) is 9.21. The van der Waals surface area contributed by atoms with Crippen LogP contribution in [0, 0.1) is 0 Å². The summed E-state index contributed by atoms with van der Waals surface area (Å²) in [4.78, 5) is 11.3. The first-order chi connectivity index (χ1) is 6.70. The third-order valence-electron chi connectivity index (χ3n) is 2.18. The highest BCUT2D eigenvalue weighted by molar-refractivity contribution is 5.87. The second-order valence-electron chi connectivity index (χ2n) is 3.28.